The Morgan fingerprint density at radius 1 is 1.40 bits per heavy atom. The molecule has 5 nitrogen and oxygen atoms in total. The number of nitrogen functional groups attached to an aromatic ring is 1. The summed E-state index contributed by atoms with van der Waals surface area (Å²) in [6.07, 6.45) is 2.97. The van der Waals surface area contributed by atoms with Gasteiger partial charge in [0, 0.05) is 20.3 Å². The van der Waals surface area contributed by atoms with E-state index in [1.807, 2.05) is 0 Å². The third-order valence-electron chi connectivity index (χ3n) is 3.94. The second-order valence-corrected chi connectivity index (χ2v) is 7.26. The summed E-state index contributed by atoms with van der Waals surface area (Å²) in [5, 5.41) is 0. The molecule has 0 atom stereocenters. The van der Waals surface area contributed by atoms with Crippen molar-refractivity contribution in [2.24, 2.45) is 5.41 Å². The van der Waals surface area contributed by atoms with Crippen molar-refractivity contribution in [2.75, 3.05) is 26.0 Å². The van der Waals surface area contributed by atoms with Gasteiger partial charge in [0.25, 0.3) is 0 Å². The van der Waals surface area contributed by atoms with Crippen LogP contribution in [0.25, 0.3) is 0 Å². The second kappa shape index (κ2) is 5.71. The van der Waals surface area contributed by atoms with Crippen LogP contribution in [0.2, 0.25) is 0 Å². The van der Waals surface area contributed by atoms with Gasteiger partial charge in [-0.05, 0) is 43.2 Å². The van der Waals surface area contributed by atoms with Crippen molar-refractivity contribution in [3.05, 3.63) is 23.8 Å². The standard InChI is InChI=1S/C14H22N2O3S/c1-11-4-3-5-12(15)13(11)20(17,18)16-10-14(6-7-14)8-9-19-2/h3-5,16H,6-10,15H2,1-2H3. The molecule has 0 unspecified atom stereocenters. The molecule has 0 heterocycles. The number of rotatable bonds is 7. The number of nitrogens with two attached hydrogens (primary N) is 1. The molecule has 0 amide bonds. The average molecular weight is 298 g/mol. The molecule has 1 aliphatic rings. The molecule has 2 rings (SSSR count). The number of anilines is 1. The zero-order valence-corrected chi connectivity index (χ0v) is 12.8. The lowest BCUT2D eigenvalue weighted by Gasteiger charge is -2.17. The van der Waals surface area contributed by atoms with E-state index >= 15 is 0 Å². The van der Waals surface area contributed by atoms with Crippen molar-refractivity contribution in [1.82, 2.24) is 4.72 Å². The van der Waals surface area contributed by atoms with Crippen LogP contribution in [0.4, 0.5) is 5.69 Å². The predicted molar refractivity (Wildman–Crippen MR) is 78.9 cm³/mol. The summed E-state index contributed by atoms with van der Waals surface area (Å²) in [6, 6.07) is 5.12. The average Bonchev–Trinajstić information content (AvgIpc) is 3.14. The number of ether oxygens (including phenoxy) is 1. The van der Waals surface area contributed by atoms with Crippen molar-refractivity contribution in [3.8, 4) is 0 Å². The first kappa shape index (κ1) is 15.3. The molecular formula is C14H22N2O3S. The summed E-state index contributed by atoms with van der Waals surface area (Å²) in [6.45, 7) is 2.86. The van der Waals surface area contributed by atoms with Crippen LogP contribution >= 0.6 is 0 Å². The number of benzene rings is 1. The number of hydrogen-bond acceptors (Lipinski definition) is 4. The number of sulfonamides is 1. The van der Waals surface area contributed by atoms with E-state index in [-0.39, 0.29) is 10.3 Å². The van der Waals surface area contributed by atoms with Crippen molar-refractivity contribution in [2.45, 2.75) is 31.1 Å². The minimum atomic E-state index is -3.56. The number of hydrogen-bond donors (Lipinski definition) is 2. The molecule has 1 aliphatic carbocycles. The minimum Gasteiger partial charge on any atom is -0.398 e. The SMILES string of the molecule is COCCC1(CNS(=O)(=O)c2c(C)cccc2N)CC1. The quantitative estimate of drug-likeness (QED) is 0.750. The van der Waals surface area contributed by atoms with E-state index < -0.39 is 10.0 Å². The summed E-state index contributed by atoms with van der Waals surface area (Å²) >= 11 is 0. The summed E-state index contributed by atoms with van der Waals surface area (Å²) in [5.41, 5.74) is 6.83. The van der Waals surface area contributed by atoms with Gasteiger partial charge in [-0.25, -0.2) is 13.1 Å². The fourth-order valence-corrected chi connectivity index (χ4v) is 3.88. The van der Waals surface area contributed by atoms with E-state index in [4.69, 9.17) is 10.5 Å². The maximum absolute atomic E-state index is 12.4. The van der Waals surface area contributed by atoms with Gasteiger partial charge in [-0.2, -0.15) is 0 Å². The van der Waals surface area contributed by atoms with E-state index in [2.05, 4.69) is 4.72 Å². The summed E-state index contributed by atoms with van der Waals surface area (Å²) in [5.74, 6) is 0. The molecule has 20 heavy (non-hydrogen) atoms. The first-order valence-electron chi connectivity index (χ1n) is 6.74. The van der Waals surface area contributed by atoms with Gasteiger partial charge in [0.05, 0.1) is 5.69 Å². The van der Waals surface area contributed by atoms with Crippen LogP contribution < -0.4 is 10.5 Å². The van der Waals surface area contributed by atoms with Gasteiger partial charge in [-0.15, -0.1) is 0 Å². The summed E-state index contributed by atoms with van der Waals surface area (Å²) in [4.78, 5) is 0.197. The highest BCUT2D eigenvalue weighted by atomic mass is 32.2. The van der Waals surface area contributed by atoms with Gasteiger partial charge >= 0.3 is 0 Å². The lowest BCUT2D eigenvalue weighted by atomic mass is 10.0. The molecular weight excluding hydrogens is 276 g/mol. The van der Waals surface area contributed by atoms with Crippen LogP contribution in [0.1, 0.15) is 24.8 Å². The van der Waals surface area contributed by atoms with Gasteiger partial charge in [0.2, 0.25) is 10.0 Å². The van der Waals surface area contributed by atoms with Crippen LogP contribution in [0.5, 0.6) is 0 Å². The summed E-state index contributed by atoms with van der Waals surface area (Å²) < 4.78 is 32.6. The van der Waals surface area contributed by atoms with E-state index in [0.29, 0.717) is 24.4 Å². The van der Waals surface area contributed by atoms with Crippen molar-refractivity contribution in [3.63, 3.8) is 0 Å². The Balaban J connectivity index is 2.09. The van der Waals surface area contributed by atoms with Crippen LogP contribution in [0, 0.1) is 12.3 Å². The maximum Gasteiger partial charge on any atom is 0.242 e. The molecule has 1 aromatic rings. The molecule has 0 bridgehead atoms. The monoisotopic (exact) mass is 298 g/mol. The Bertz CT molecular complexity index is 560. The predicted octanol–water partition coefficient (Wildman–Crippen LogP) is 1.67. The Labute approximate surface area is 120 Å². The van der Waals surface area contributed by atoms with Crippen molar-refractivity contribution < 1.29 is 13.2 Å². The molecule has 1 fully saturated rings. The van der Waals surface area contributed by atoms with Gasteiger partial charge in [0.15, 0.2) is 0 Å². The molecule has 112 valence electrons. The van der Waals surface area contributed by atoms with Crippen LogP contribution in [0.3, 0.4) is 0 Å². The zero-order valence-electron chi connectivity index (χ0n) is 12.0. The minimum absolute atomic E-state index is 0.0700. The van der Waals surface area contributed by atoms with Gasteiger partial charge in [-0.1, -0.05) is 12.1 Å². The highest BCUT2D eigenvalue weighted by Gasteiger charge is 2.42. The van der Waals surface area contributed by atoms with E-state index in [9.17, 15) is 8.42 Å². The third-order valence-corrected chi connectivity index (χ3v) is 5.56. The first-order chi connectivity index (χ1) is 9.40. The van der Waals surface area contributed by atoms with Gasteiger partial charge in [-0.3, -0.25) is 0 Å². The topological polar surface area (TPSA) is 81.4 Å². The molecule has 0 saturated heterocycles. The highest BCUT2D eigenvalue weighted by molar-refractivity contribution is 7.89. The lowest BCUT2D eigenvalue weighted by Crippen LogP contribution is -2.31. The molecule has 1 saturated carbocycles. The van der Waals surface area contributed by atoms with Gasteiger partial charge in [0.1, 0.15) is 4.90 Å². The summed E-state index contributed by atoms with van der Waals surface area (Å²) in [7, 11) is -1.89. The molecule has 6 heteroatoms. The van der Waals surface area contributed by atoms with Crippen LogP contribution in [-0.2, 0) is 14.8 Å². The first-order valence-corrected chi connectivity index (χ1v) is 8.22. The van der Waals surface area contributed by atoms with Gasteiger partial charge < -0.3 is 10.5 Å². The van der Waals surface area contributed by atoms with Crippen LogP contribution in [-0.4, -0.2) is 28.7 Å². The van der Waals surface area contributed by atoms with Crippen LogP contribution in [0.15, 0.2) is 23.1 Å². The Kier molecular flexibility index (Phi) is 4.36. The molecule has 1 aromatic carbocycles. The highest BCUT2D eigenvalue weighted by Crippen LogP contribution is 2.48. The Morgan fingerprint density at radius 3 is 2.65 bits per heavy atom. The van der Waals surface area contributed by atoms with E-state index in [0.717, 1.165) is 19.3 Å². The molecule has 3 N–H and O–H groups in total. The van der Waals surface area contributed by atoms with E-state index in [1.54, 1.807) is 32.2 Å². The largest absolute Gasteiger partial charge is 0.398 e. The van der Waals surface area contributed by atoms with Crippen molar-refractivity contribution in [1.29, 1.82) is 0 Å². The normalized spacial score (nSPS) is 17.1. The fourth-order valence-electron chi connectivity index (χ4n) is 2.37. The molecule has 0 radical (unpaired) electrons. The number of aryl methyl sites for hydroxylation is 1. The second-order valence-electron chi connectivity index (χ2n) is 5.56. The third kappa shape index (κ3) is 3.31. The number of methoxy groups -OCH3 is 1. The fraction of sp³-hybridized carbons (Fsp3) is 0.571. The molecule has 0 aromatic heterocycles. The Morgan fingerprint density at radius 2 is 2.10 bits per heavy atom. The van der Waals surface area contributed by atoms with Crippen molar-refractivity contribution >= 4 is 15.7 Å². The number of nitrogens with one attached hydrogen (secondary N) is 1. The Hall–Kier alpha value is -1.11. The molecule has 0 spiro atoms. The molecule has 0 aliphatic heterocycles. The maximum atomic E-state index is 12.4. The smallest absolute Gasteiger partial charge is 0.242 e. The lowest BCUT2D eigenvalue weighted by molar-refractivity contribution is 0.173. The zero-order chi connectivity index (χ0) is 14.8. The van der Waals surface area contributed by atoms with E-state index in [1.165, 1.54) is 0 Å².